The average Bonchev–Trinajstić information content (AvgIpc) is 2.36. The van der Waals surface area contributed by atoms with E-state index in [9.17, 15) is 17.2 Å². The molecule has 0 radical (unpaired) electrons. The maximum absolute atomic E-state index is 13.7. The number of nitrogens with one attached hydrogen (secondary N) is 1. The van der Waals surface area contributed by atoms with Gasteiger partial charge >= 0.3 is 0 Å². The lowest BCUT2D eigenvalue weighted by Gasteiger charge is -2.29. The van der Waals surface area contributed by atoms with Gasteiger partial charge in [0, 0.05) is 12.1 Å². The summed E-state index contributed by atoms with van der Waals surface area (Å²) in [5, 5.41) is 0. The maximum atomic E-state index is 13.7. The standard InChI is InChI=1S/C13H18F2N2O2S/c1-8-4-2-3-5-12(8)17-20(18,19)13-7-11(16)9(14)6-10(13)15/h6-8,12,17H,2-5,16H2,1H3. The van der Waals surface area contributed by atoms with Gasteiger partial charge in [0.05, 0.1) is 5.69 Å². The summed E-state index contributed by atoms with van der Waals surface area (Å²) in [6.45, 7) is 1.96. The predicted octanol–water partition coefficient (Wildman–Crippen LogP) is 2.40. The molecule has 2 atom stereocenters. The van der Waals surface area contributed by atoms with Crippen LogP contribution in [0.5, 0.6) is 0 Å². The van der Waals surface area contributed by atoms with Crippen LogP contribution in [-0.2, 0) is 10.0 Å². The first-order valence-electron chi connectivity index (χ1n) is 6.58. The van der Waals surface area contributed by atoms with Crippen molar-refractivity contribution in [3.05, 3.63) is 23.8 Å². The van der Waals surface area contributed by atoms with Crippen LogP contribution in [0.15, 0.2) is 17.0 Å². The molecule has 1 saturated carbocycles. The maximum Gasteiger partial charge on any atom is 0.243 e. The summed E-state index contributed by atoms with van der Waals surface area (Å²) in [4.78, 5) is -0.603. The van der Waals surface area contributed by atoms with Gasteiger partial charge in [-0.3, -0.25) is 0 Å². The van der Waals surface area contributed by atoms with E-state index in [0.717, 1.165) is 31.7 Å². The van der Waals surface area contributed by atoms with Crippen molar-refractivity contribution in [2.45, 2.75) is 43.5 Å². The third-order valence-electron chi connectivity index (χ3n) is 3.76. The predicted molar refractivity (Wildman–Crippen MR) is 72.5 cm³/mol. The molecule has 1 aliphatic rings. The average molecular weight is 304 g/mol. The van der Waals surface area contributed by atoms with Gasteiger partial charge in [0.2, 0.25) is 10.0 Å². The summed E-state index contributed by atoms with van der Waals surface area (Å²) in [6, 6.07) is 1.09. The van der Waals surface area contributed by atoms with E-state index >= 15 is 0 Å². The molecule has 2 unspecified atom stereocenters. The second kappa shape index (κ2) is 5.65. The van der Waals surface area contributed by atoms with E-state index in [1.165, 1.54) is 0 Å². The van der Waals surface area contributed by atoms with Crippen LogP contribution in [0, 0.1) is 17.6 Å². The molecule has 0 spiro atoms. The highest BCUT2D eigenvalue weighted by Crippen LogP contribution is 2.27. The highest BCUT2D eigenvalue weighted by molar-refractivity contribution is 7.89. The lowest BCUT2D eigenvalue weighted by Crippen LogP contribution is -2.41. The number of nitrogen functional groups attached to an aromatic ring is 1. The minimum atomic E-state index is -4.03. The van der Waals surface area contributed by atoms with Gasteiger partial charge in [0.15, 0.2) is 0 Å². The Labute approximate surface area is 117 Å². The molecule has 112 valence electrons. The monoisotopic (exact) mass is 304 g/mol. The van der Waals surface area contributed by atoms with Gasteiger partial charge in [-0.2, -0.15) is 0 Å². The third-order valence-corrected chi connectivity index (χ3v) is 5.26. The van der Waals surface area contributed by atoms with Gasteiger partial charge in [-0.15, -0.1) is 0 Å². The minimum absolute atomic E-state index is 0.194. The Balaban J connectivity index is 2.28. The molecule has 0 bridgehead atoms. The first-order chi connectivity index (χ1) is 9.31. The molecule has 0 aliphatic heterocycles. The number of anilines is 1. The van der Waals surface area contributed by atoms with Crippen LogP contribution in [-0.4, -0.2) is 14.5 Å². The third kappa shape index (κ3) is 3.09. The Morgan fingerprint density at radius 3 is 2.50 bits per heavy atom. The smallest absolute Gasteiger partial charge is 0.243 e. The molecule has 3 N–H and O–H groups in total. The van der Waals surface area contributed by atoms with Crippen molar-refractivity contribution in [3.63, 3.8) is 0 Å². The van der Waals surface area contributed by atoms with Crippen molar-refractivity contribution < 1.29 is 17.2 Å². The number of hydrogen-bond acceptors (Lipinski definition) is 3. The highest BCUT2D eigenvalue weighted by Gasteiger charge is 2.29. The summed E-state index contributed by atoms with van der Waals surface area (Å²) < 4.78 is 53.7. The molecule has 1 aromatic carbocycles. The summed E-state index contributed by atoms with van der Waals surface area (Å²) in [6.07, 6.45) is 3.66. The summed E-state index contributed by atoms with van der Waals surface area (Å²) in [7, 11) is -4.03. The molecular formula is C13H18F2N2O2S. The van der Waals surface area contributed by atoms with Crippen molar-refractivity contribution in [2.24, 2.45) is 5.92 Å². The minimum Gasteiger partial charge on any atom is -0.396 e. The van der Waals surface area contributed by atoms with Crippen LogP contribution < -0.4 is 10.5 Å². The van der Waals surface area contributed by atoms with Gasteiger partial charge < -0.3 is 5.73 Å². The Bertz CT molecular complexity index is 605. The summed E-state index contributed by atoms with van der Waals surface area (Å²) >= 11 is 0. The van der Waals surface area contributed by atoms with Crippen molar-refractivity contribution in [3.8, 4) is 0 Å². The number of benzene rings is 1. The molecule has 7 heteroatoms. The molecule has 1 aromatic rings. The normalized spacial score (nSPS) is 23.8. The number of sulfonamides is 1. The summed E-state index contributed by atoms with van der Waals surface area (Å²) in [5.74, 6) is -1.90. The van der Waals surface area contributed by atoms with Crippen molar-refractivity contribution in [1.29, 1.82) is 0 Å². The number of hydrogen-bond donors (Lipinski definition) is 2. The Morgan fingerprint density at radius 2 is 1.85 bits per heavy atom. The molecule has 4 nitrogen and oxygen atoms in total. The fourth-order valence-corrected chi connectivity index (χ4v) is 3.98. The number of nitrogens with two attached hydrogens (primary N) is 1. The quantitative estimate of drug-likeness (QED) is 0.842. The van der Waals surface area contributed by atoms with Crippen molar-refractivity contribution in [2.75, 3.05) is 5.73 Å². The van der Waals surface area contributed by atoms with Crippen LogP contribution >= 0.6 is 0 Å². The van der Waals surface area contributed by atoms with E-state index in [1.54, 1.807) is 0 Å². The van der Waals surface area contributed by atoms with E-state index in [1.807, 2.05) is 6.92 Å². The Morgan fingerprint density at radius 1 is 1.20 bits per heavy atom. The molecule has 0 amide bonds. The van der Waals surface area contributed by atoms with Crippen molar-refractivity contribution >= 4 is 15.7 Å². The van der Waals surface area contributed by atoms with Gasteiger partial charge in [-0.1, -0.05) is 19.8 Å². The largest absolute Gasteiger partial charge is 0.396 e. The van der Waals surface area contributed by atoms with E-state index in [0.29, 0.717) is 6.07 Å². The molecule has 20 heavy (non-hydrogen) atoms. The summed E-state index contributed by atoms with van der Waals surface area (Å²) in [5.41, 5.74) is 4.93. The molecule has 1 aliphatic carbocycles. The SMILES string of the molecule is CC1CCCCC1NS(=O)(=O)c1cc(N)c(F)cc1F. The lowest BCUT2D eigenvalue weighted by atomic mass is 9.87. The van der Waals surface area contributed by atoms with Gasteiger partial charge in [0.1, 0.15) is 16.5 Å². The van der Waals surface area contributed by atoms with Crippen molar-refractivity contribution in [1.82, 2.24) is 4.72 Å². The first kappa shape index (κ1) is 15.2. The molecule has 0 aromatic heterocycles. The molecule has 2 rings (SSSR count). The van der Waals surface area contributed by atoms with Gasteiger partial charge in [-0.05, 0) is 24.8 Å². The molecule has 1 fully saturated rings. The zero-order chi connectivity index (χ0) is 14.9. The van der Waals surface area contributed by atoms with E-state index in [2.05, 4.69) is 4.72 Å². The van der Waals surface area contributed by atoms with E-state index in [4.69, 9.17) is 5.73 Å². The lowest BCUT2D eigenvalue weighted by molar-refractivity contribution is 0.310. The topological polar surface area (TPSA) is 72.2 Å². The van der Waals surface area contributed by atoms with E-state index in [-0.39, 0.29) is 17.6 Å². The zero-order valence-electron chi connectivity index (χ0n) is 11.2. The molecule has 0 heterocycles. The van der Waals surface area contributed by atoms with Crippen LogP contribution in [0.3, 0.4) is 0 Å². The first-order valence-corrected chi connectivity index (χ1v) is 8.06. The van der Waals surface area contributed by atoms with Crippen LogP contribution in [0.25, 0.3) is 0 Å². The molecule has 0 saturated heterocycles. The van der Waals surface area contributed by atoms with Crippen LogP contribution in [0.4, 0.5) is 14.5 Å². The van der Waals surface area contributed by atoms with Crippen LogP contribution in [0.2, 0.25) is 0 Å². The van der Waals surface area contributed by atoms with Crippen LogP contribution in [0.1, 0.15) is 32.6 Å². The van der Waals surface area contributed by atoms with E-state index < -0.39 is 26.6 Å². The molecular weight excluding hydrogens is 286 g/mol. The Hall–Kier alpha value is -1.21. The Kier molecular flexibility index (Phi) is 4.29. The second-order valence-electron chi connectivity index (χ2n) is 5.29. The second-order valence-corrected chi connectivity index (χ2v) is 6.98. The fourth-order valence-electron chi connectivity index (χ4n) is 2.50. The zero-order valence-corrected chi connectivity index (χ0v) is 12.0. The number of rotatable bonds is 3. The van der Waals surface area contributed by atoms with Gasteiger partial charge in [0.25, 0.3) is 0 Å². The fraction of sp³-hybridized carbons (Fsp3) is 0.538. The number of halogens is 2. The van der Waals surface area contributed by atoms with Gasteiger partial charge in [-0.25, -0.2) is 21.9 Å². The highest BCUT2D eigenvalue weighted by atomic mass is 32.2.